The van der Waals surface area contributed by atoms with E-state index in [-0.39, 0.29) is 11.4 Å². The van der Waals surface area contributed by atoms with E-state index < -0.39 is 29.7 Å². The van der Waals surface area contributed by atoms with E-state index in [2.05, 4.69) is 10.1 Å². The number of nitrogens with zero attached hydrogens (tertiary/aromatic N) is 1. The number of hydrogen-bond donors (Lipinski definition) is 1. The topological polar surface area (TPSA) is 81.5 Å². The fourth-order valence-corrected chi connectivity index (χ4v) is 1.39. The van der Waals surface area contributed by atoms with Crippen molar-refractivity contribution in [3.05, 3.63) is 33.9 Å². The quantitative estimate of drug-likeness (QED) is 0.670. The van der Waals surface area contributed by atoms with E-state index in [4.69, 9.17) is 0 Å². The lowest BCUT2D eigenvalue weighted by atomic mass is 10.1. The highest BCUT2D eigenvalue weighted by atomic mass is 19.4. The van der Waals surface area contributed by atoms with Gasteiger partial charge in [0.2, 0.25) is 0 Å². The van der Waals surface area contributed by atoms with Crippen LogP contribution in [0.3, 0.4) is 0 Å². The zero-order chi connectivity index (χ0) is 16.2. The number of ether oxygens (including phenoxy) is 1. The monoisotopic (exact) mass is 306 g/mol. The van der Waals surface area contributed by atoms with Gasteiger partial charge >= 0.3 is 6.18 Å². The van der Waals surface area contributed by atoms with Crippen LogP contribution in [-0.4, -0.2) is 29.7 Å². The van der Waals surface area contributed by atoms with Crippen molar-refractivity contribution in [2.45, 2.75) is 26.1 Å². The number of benzene rings is 1. The Hall–Kier alpha value is -2.16. The highest BCUT2D eigenvalue weighted by Crippen LogP contribution is 2.22. The number of non-ortho nitro benzene ring substituents is 1. The normalized spacial score (nSPS) is 12.8. The maximum atomic E-state index is 12.0. The molecule has 6 nitrogen and oxygen atoms in total. The highest BCUT2D eigenvalue weighted by Gasteiger charge is 2.30. The first kappa shape index (κ1) is 16.9. The summed E-state index contributed by atoms with van der Waals surface area (Å²) in [4.78, 5) is 21.7. The number of anilines is 1. The van der Waals surface area contributed by atoms with E-state index in [1.165, 1.54) is 12.1 Å². The molecule has 0 saturated heterocycles. The van der Waals surface area contributed by atoms with Gasteiger partial charge in [0.15, 0.2) is 0 Å². The molecule has 0 radical (unpaired) electrons. The summed E-state index contributed by atoms with van der Waals surface area (Å²) in [6.45, 7) is 1.21. The summed E-state index contributed by atoms with van der Waals surface area (Å²) < 4.78 is 40.3. The minimum atomic E-state index is -4.53. The van der Waals surface area contributed by atoms with E-state index in [1.54, 1.807) is 6.92 Å². The molecule has 1 aromatic carbocycles. The zero-order valence-corrected chi connectivity index (χ0v) is 11.2. The number of carbonyl (C=O) groups excluding carboxylic acids is 1. The summed E-state index contributed by atoms with van der Waals surface area (Å²) in [7, 11) is 0. The highest BCUT2D eigenvalue weighted by molar-refractivity contribution is 5.94. The zero-order valence-electron chi connectivity index (χ0n) is 11.2. The third-order valence-electron chi connectivity index (χ3n) is 2.56. The van der Waals surface area contributed by atoms with Gasteiger partial charge in [0.25, 0.3) is 11.6 Å². The summed E-state index contributed by atoms with van der Waals surface area (Å²) in [5.41, 5.74) is 0.452. The molecule has 1 aromatic rings. The van der Waals surface area contributed by atoms with Crippen LogP contribution >= 0.6 is 0 Å². The SMILES string of the molecule is Cc1ccc([N+](=O)[O-])cc1NC(=O)[C@H](C)OCC(F)(F)F. The Balaban J connectivity index is 2.74. The van der Waals surface area contributed by atoms with Gasteiger partial charge in [0, 0.05) is 12.1 Å². The van der Waals surface area contributed by atoms with Gasteiger partial charge in [0.05, 0.1) is 10.6 Å². The number of amides is 1. The molecule has 1 rings (SSSR count). The van der Waals surface area contributed by atoms with Crippen LogP contribution in [0.2, 0.25) is 0 Å². The third-order valence-corrected chi connectivity index (χ3v) is 2.56. The van der Waals surface area contributed by atoms with Crippen LogP contribution in [0.25, 0.3) is 0 Å². The first-order chi connectivity index (χ1) is 9.60. The number of carbonyl (C=O) groups is 1. The molecule has 1 atom stereocenters. The molecule has 0 saturated carbocycles. The second kappa shape index (κ2) is 6.53. The summed E-state index contributed by atoms with van der Waals surface area (Å²) >= 11 is 0. The van der Waals surface area contributed by atoms with Crippen molar-refractivity contribution in [3.8, 4) is 0 Å². The Kier molecular flexibility index (Phi) is 5.25. The molecule has 0 heterocycles. The van der Waals surface area contributed by atoms with Gasteiger partial charge in [-0.25, -0.2) is 0 Å². The van der Waals surface area contributed by atoms with E-state index in [0.717, 1.165) is 13.0 Å². The molecule has 9 heteroatoms. The molecule has 0 aliphatic rings. The van der Waals surface area contributed by atoms with Gasteiger partial charge in [-0.3, -0.25) is 14.9 Å². The lowest BCUT2D eigenvalue weighted by molar-refractivity contribution is -0.384. The maximum absolute atomic E-state index is 12.0. The average molecular weight is 306 g/mol. The van der Waals surface area contributed by atoms with Crippen molar-refractivity contribution < 1.29 is 27.6 Å². The molecule has 0 spiro atoms. The number of hydrogen-bond acceptors (Lipinski definition) is 4. The van der Waals surface area contributed by atoms with Crippen molar-refractivity contribution in [2.24, 2.45) is 0 Å². The molecule has 0 aromatic heterocycles. The van der Waals surface area contributed by atoms with Crippen LogP contribution < -0.4 is 5.32 Å². The van der Waals surface area contributed by atoms with Gasteiger partial charge in [-0.05, 0) is 19.4 Å². The average Bonchev–Trinajstić information content (AvgIpc) is 2.37. The molecule has 0 bridgehead atoms. The molecule has 1 N–H and O–H groups in total. The fourth-order valence-electron chi connectivity index (χ4n) is 1.39. The molecule has 0 aliphatic heterocycles. The van der Waals surface area contributed by atoms with E-state index in [1.807, 2.05) is 0 Å². The smallest absolute Gasteiger partial charge is 0.359 e. The molecule has 21 heavy (non-hydrogen) atoms. The first-order valence-electron chi connectivity index (χ1n) is 5.84. The molecule has 1 amide bonds. The van der Waals surface area contributed by atoms with Gasteiger partial charge in [-0.15, -0.1) is 0 Å². The first-order valence-corrected chi connectivity index (χ1v) is 5.84. The number of halogens is 3. The number of aryl methyl sites for hydroxylation is 1. The molecule has 0 aliphatic carbocycles. The van der Waals surface area contributed by atoms with Crippen LogP contribution in [0.15, 0.2) is 18.2 Å². The van der Waals surface area contributed by atoms with Crippen LogP contribution in [0.4, 0.5) is 24.5 Å². The van der Waals surface area contributed by atoms with Gasteiger partial charge in [-0.1, -0.05) is 6.07 Å². The summed E-state index contributed by atoms with van der Waals surface area (Å²) in [6.07, 6.45) is -5.87. The lowest BCUT2D eigenvalue weighted by Crippen LogP contribution is -2.31. The van der Waals surface area contributed by atoms with Crippen molar-refractivity contribution in [1.82, 2.24) is 0 Å². The summed E-state index contributed by atoms with van der Waals surface area (Å²) in [6, 6.07) is 3.81. The molecule has 0 fully saturated rings. The molecular weight excluding hydrogens is 293 g/mol. The third kappa shape index (κ3) is 5.38. The standard InChI is InChI=1S/C12H13F3N2O4/c1-7-3-4-9(17(19)20)5-10(7)16-11(18)8(2)21-6-12(13,14)15/h3-5,8H,6H2,1-2H3,(H,16,18)/t8-/m0/s1. The second-order valence-corrected chi connectivity index (χ2v) is 4.31. The summed E-state index contributed by atoms with van der Waals surface area (Å²) in [5, 5.41) is 12.9. The van der Waals surface area contributed by atoms with Crippen LogP contribution in [0.5, 0.6) is 0 Å². The number of nitrogens with one attached hydrogen (secondary N) is 1. The predicted octanol–water partition coefficient (Wildman–Crippen LogP) is 2.81. The minimum absolute atomic E-state index is 0.150. The van der Waals surface area contributed by atoms with E-state index in [9.17, 15) is 28.1 Å². The number of rotatable bonds is 5. The Morgan fingerprint density at radius 2 is 2.10 bits per heavy atom. The van der Waals surface area contributed by atoms with E-state index >= 15 is 0 Å². The number of alkyl halides is 3. The Morgan fingerprint density at radius 3 is 2.62 bits per heavy atom. The minimum Gasteiger partial charge on any atom is -0.359 e. The predicted molar refractivity (Wildman–Crippen MR) is 67.9 cm³/mol. The van der Waals surface area contributed by atoms with Gasteiger partial charge in [0.1, 0.15) is 12.7 Å². The van der Waals surface area contributed by atoms with Crippen LogP contribution in [0, 0.1) is 17.0 Å². The Morgan fingerprint density at radius 1 is 1.48 bits per heavy atom. The summed E-state index contributed by atoms with van der Waals surface area (Å²) in [5.74, 6) is -0.817. The van der Waals surface area contributed by atoms with Gasteiger partial charge < -0.3 is 10.1 Å². The Bertz CT molecular complexity index is 546. The van der Waals surface area contributed by atoms with Crippen LogP contribution in [-0.2, 0) is 9.53 Å². The van der Waals surface area contributed by atoms with Gasteiger partial charge in [-0.2, -0.15) is 13.2 Å². The lowest BCUT2D eigenvalue weighted by Gasteiger charge is -2.15. The van der Waals surface area contributed by atoms with Crippen molar-refractivity contribution in [2.75, 3.05) is 11.9 Å². The molecule has 116 valence electrons. The van der Waals surface area contributed by atoms with Crippen LogP contribution in [0.1, 0.15) is 12.5 Å². The second-order valence-electron chi connectivity index (χ2n) is 4.31. The molecular formula is C12H13F3N2O4. The molecule has 0 unspecified atom stereocenters. The Labute approximate surface area is 118 Å². The van der Waals surface area contributed by atoms with Crippen molar-refractivity contribution >= 4 is 17.3 Å². The fraction of sp³-hybridized carbons (Fsp3) is 0.417. The number of nitro benzene ring substituents is 1. The van der Waals surface area contributed by atoms with E-state index in [0.29, 0.717) is 5.56 Å². The van der Waals surface area contributed by atoms with Crippen molar-refractivity contribution in [3.63, 3.8) is 0 Å². The van der Waals surface area contributed by atoms with Crippen molar-refractivity contribution in [1.29, 1.82) is 0 Å². The number of nitro groups is 1. The largest absolute Gasteiger partial charge is 0.411 e. The maximum Gasteiger partial charge on any atom is 0.411 e.